The Kier molecular flexibility index (Phi) is 3.19. The molecular weight excluding hydrogens is 236 g/mol. The van der Waals surface area contributed by atoms with Crippen molar-refractivity contribution in [3.63, 3.8) is 0 Å². The minimum Gasteiger partial charge on any atom is -0.451 e. The summed E-state index contributed by atoms with van der Waals surface area (Å²) >= 11 is 0. The van der Waals surface area contributed by atoms with Crippen LogP contribution in [0.15, 0.2) is 30.3 Å². The van der Waals surface area contributed by atoms with Crippen molar-refractivity contribution in [2.24, 2.45) is 0 Å². The molecule has 2 aromatic rings. The lowest BCUT2D eigenvalue weighted by Gasteiger charge is -2.10. The van der Waals surface area contributed by atoms with Crippen molar-refractivity contribution in [3.05, 3.63) is 53.1 Å². The maximum Gasteiger partial charge on any atom is 0.198 e. The molecule has 94 valence electrons. The molecule has 0 heterocycles. The molecule has 0 aliphatic carbocycles. The maximum atomic E-state index is 13.6. The van der Waals surface area contributed by atoms with Gasteiger partial charge in [-0.05, 0) is 37.1 Å². The summed E-state index contributed by atoms with van der Waals surface area (Å²) in [5.74, 6) is -1.66. The van der Waals surface area contributed by atoms with Crippen LogP contribution in [0.25, 0.3) is 0 Å². The molecule has 4 heteroatoms. The molecule has 2 aromatic carbocycles. The lowest BCUT2D eigenvalue weighted by atomic mass is 10.1. The van der Waals surface area contributed by atoms with E-state index in [0.29, 0.717) is 5.75 Å². The number of ether oxygens (including phenoxy) is 1. The molecular formula is C14H13F2NO. The number of halogens is 2. The third-order valence-electron chi connectivity index (χ3n) is 2.44. The minimum atomic E-state index is -0.813. The van der Waals surface area contributed by atoms with Crippen molar-refractivity contribution < 1.29 is 13.5 Å². The van der Waals surface area contributed by atoms with E-state index in [1.165, 1.54) is 0 Å². The molecule has 0 fully saturated rings. The molecule has 0 radical (unpaired) electrons. The summed E-state index contributed by atoms with van der Waals surface area (Å²) in [7, 11) is 0. The Hall–Kier alpha value is -2.10. The second kappa shape index (κ2) is 4.64. The molecule has 0 aromatic heterocycles. The van der Waals surface area contributed by atoms with Gasteiger partial charge in [0.15, 0.2) is 17.4 Å². The number of hydrogen-bond acceptors (Lipinski definition) is 2. The van der Waals surface area contributed by atoms with Crippen LogP contribution in [0, 0.1) is 25.5 Å². The number of anilines is 1. The van der Waals surface area contributed by atoms with Gasteiger partial charge in [-0.3, -0.25) is 0 Å². The number of benzene rings is 2. The fourth-order valence-corrected chi connectivity index (χ4v) is 1.79. The minimum absolute atomic E-state index is 0.0257. The first-order chi connectivity index (χ1) is 8.45. The zero-order chi connectivity index (χ0) is 13.3. The smallest absolute Gasteiger partial charge is 0.198 e. The highest BCUT2D eigenvalue weighted by atomic mass is 19.1. The monoisotopic (exact) mass is 249 g/mol. The highest BCUT2D eigenvalue weighted by Crippen LogP contribution is 2.30. The van der Waals surface area contributed by atoms with E-state index in [4.69, 9.17) is 10.5 Å². The lowest BCUT2D eigenvalue weighted by Crippen LogP contribution is -1.96. The Morgan fingerprint density at radius 3 is 1.89 bits per heavy atom. The quantitative estimate of drug-likeness (QED) is 0.818. The number of rotatable bonds is 2. The predicted molar refractivity (Wildman–Crippen MR) is 66.8 cm³/mol. The van der Waals surface area contributed by atoms with Crippen molar-refractivity contribution >= 4 is 5.69 Å². The summed E-state index contributed by atoms with van der Waals surface area (Å²) in [6.45, 7) is 3.77. The zero-order valence-corrected chi connectivity index (χ0v) is 10.1. The molecule has 2 rings (SSSR count). The van der Waals surface area contributed by atoms with Gasteiger partial charge in [0.25, 0.3) is 0 Å². The second-order valence-corrected chi connectivity index (χ2v) is 4.24. The largest absolute Gasteiger partial charge is 0.451 e. The van der Waals surface area contributed by atoms with E-state index in [9.17, 15) is 8.78 Å². The molecule has 0 unspecified atom stereocenters. The lowest BCUT2D eigenvalue weighted by molar-refractivity contribution is 0.407. The summed E-state index contributed by atoms with van der Waals surface area (Å²) in [5, 5.41) is 0. The summed E-state index contributed by atoms with van der Waals surface area (Å²) in [4.78, 5) is 0. The molecule has 0 aliphatic rings. The van der Waals surface area contributed by atoms with Crippen LogP contribution in [-0.4, -0.2) is 0 Å². The van der Waals surface area contributed by atoms with Gasteiger partial charge in [-0.2, -0.15) is 0 Å². The number of nitrogens with two attached hydrogens (primary N) is 1. The first kappa shape index (κ1) is 12.4. The van der Waals surface area contributed by atoms with Crippen molar-refractivity contribution in [1.29, 1.82) is 0 Å². The highest BCUT2D eigenvalue weighted by molar-refractivity contribution is 5.46. The van der Waals surface area contributed by atoms with Crippen LogP contribution in [-0.2, 0) is 0 Å². The molecule has 0 saturated heterocycles. The van der Waals surface area contributed by atoms with Crippen molar-refractivity contribution in [3.8, 4) is 11.5 Å². The summed E-state index contributed by atoms with van der Waals surface area (Å²) in [6, 6.07) is 7.43. The Balaban J connectivity index is 2.40. The molecule has 0 bridgehead atoms. The maximum absolute atomic E-state index is 13.6. The van der Waals surface area contributed by atoms with Crippen LogP contribution in [0.3, 0.4) is 0 Å². The van der Waals surface area contributed by atoms with Gasteiger partial charge in [0, 0.05) is 17.8 Å². The number of aryl methyl sites for hydroxylation is 2. The SMILES string of the molecule is Cc1cc(C)cc(Oc2c(F)cc(N)cc2F)c1. The van der Waals surface area contributed by atoms with E-state index in [1.54, 1.807) is 12.1 Å². The third kappa shape index (κ3) is 2.59. The van der Waals surface area contributed by atoms with E-state index >= 15 is 0 Å². The molecule has 0 amide bonds. The van der Waals surface area contributed by atoms with Crippen LogP contribution in [0.5, 0.6) is 11.5 Å². The number of nitrogen functional groups attached to an aromatic ring is 1. The van der Waals surface area contributed by atoms with Gasteiger partial charge in [0.1, 0.15) is 5.75 Å². The molecule has 18 heavy (non-hydrogen) atoms. The summed E-state index contributed by atoms with van der Waals surface area (Å²) < 4.78 is 32.4. The van der Waals surface area contributed by atoms with Crippen LogP contribution >= 0.6 is 0 Å². The predicted octanol–water partition coefficient (Wildman–Crippen LogP) is 3.96. The van der Waals surface area contributed by atoms with Gasteiger partial charge in [-0.15, -0.1) is 0 Å². The Morgan fingerprint density at radius 2 is 1.39 bits per heavy atom. The number of hydrogen-bond donors (Lipinski definition) is 1. The summed E-state index contributed by atoms with van der Waals surface area (Å²) in [5.41, 5.74) is 7.28. The van der Waals surface area contributed by atoms with Gasteiger partial charge < -0.3 is 10.5 Å². The van der Waals surface area contributed by atoms with Crippen molar-refractivity contribution in [2.75, 3.05) is 5.73 Å². The summed E-state index contributed by atoms with van der Waals surface area (Å²) in [6.07, 6.45) is 0. The van der Waals surface area contributed by atoms with E-state index in [1.807, 2.05) is 19.9 Å². The van der Waals surface area contributed by atoms with E-state index in [2.05, 4.69) is 0 Å². The van der Waals surface area contributed by atoms with E-state index in [0.717, 1.165) is 23.3 Å². The molecule has 2 N–H and O–H groups in total. The standard InChI is InChI=1S/C14H13F2NO/c1-8-3-9(2)5-11(4-8)18-14-12(15)6-10(17)7-13(14)16/h3-7H,17H2,1-2H3. The van der Waals surface area contributed by atoms with Crippen LogP contribution in [0.2, 0.25) is 0 Å². The van der Waals surface area contributed by atoms with Gasteiger partial charge in [0.05, 0.1) is 0 Å². The Morgan fingerprint density at radius 1 is 0.889 bits per heavy atom. The molecule has 0 atom stereocenters. The van der Waals surface area contributed by atoms with Gasteiger partial charge >= 0.3 is 0 Å². The Bertz CT molecular complexity index is 553. The van der Waals surface area contributed by atoms with Crippen LogP contribution in [0.4, 0.5) is 14.5 Å². The zero-order valence-electron chi connectivity index (χ0n) is 10.1. The van der Waals surface area contributed by atoms with Gasteiger partial charge in [-0.1, -0.05) is 6.07 Å². The van der Waals surface area contributed by atoms with Gasteiger partial charge in [-0.25, -0.2) is 8.78 Å². The fraction of sp³-hybridized carbons (Fsp3) is 0.143. The topological polar surface area (TPSA) is 35.2 Å². The third-order valence-corrected chi connectivity index (χ3v) is 2.44. The van der Waals surface area contributed by atoms with E-state index < -0.39 is 17.4 Å². The van der Waals surface area contributed by atoms with E-state index in [-0.39, 0.29) is 5.69 Å². The Labute approximate surface area is 104 Å². The average molecular weight is 249 g/mol. The van der Waals surface area contributed by atoms with Gasteiger partial charge in [0.2, 0.25) is 0 Å². The molecule has 2 nitrogen and oxygen atoms in total. The van der Waals surface area contributed by atoms with Crippen molar-refractivity contribution in [1.82, 2.24) is 0 Å². The first-order valence-electron chi connectivity index (χ1n) is 5.46. The second-order valence-electron chi connectivity index (χ2n) is 4.24. The fourth-order valence-electron chi connectivity index (χ4n) is 1.79. The highest BCUT2D eigenvalue weighted by Gasteiger charge is 2.13. The molecule has 0 saturated carbocycles. The first-order valence-corrected chi connectivity index (χ1v) is 5.46. The average Bonchev–Trinajstić information content (AvgIpc) is 2.22. The van der Waals surface area contributed by atoms with Crippen LogP contribution < -0.4 is 10.5 Å². The van der Waals surface area contributed by atoms with Crippen molar-refractivity contribution in [2.45, 2.75) is 13.8 Å². The molecule has 0 aliphatic heterocycles. The van der Waals surface area contributed by atoms with Crippen LogP contribution in [0.1, 0.15) is 11.1 Å². The molecule has 0 spiro atoms. The normalized spacial score (nSPS) is 10.4.